The molecule has 0 radical (unpaired) electrons. The number of pyridine rings is 2. The lowest BCUT2D eigenvalue weighted by molar-refractivity contribution is -0.111. The summed E-state index contributed by atoms with van der Waals surface area (Å²) in [5, 5.41) is 6.32. The van der Waals surface area contributed by atoms with E-state index < -0.39 is 0 Å². The van der Waals surface area contributed by atoms with Gasteiger partial charge in [-0.05, 0) is 48.5 Å². The van der Waals surface area contributed by atoms with Crippen molar-refractivity contribution >= 4 is 39.1 Å². The molecule has 0 fully saturated rings. The second-order valence-corrected chi connectivity index (χ2v) is 7.47. The number of anilines is 2. The van der Waals surface area contributed by atoms with Gasteiger partial charge in [0.1, 0.15) is 5.75 Å². The molecule has 2 N–H and O–H groups in total. The monoisotopic (exact) mass is 439 g/mol. The van der Waals surface area contributed by atoms with Crippen LogP contribution in [0.15, 0.2) is 84.5 Å². The number of benzene rings is 2. The van der Waals surface area contributed by atoms with Crippen LogP contribution in [0.25, 0.3) is 27.5 Å². The maximum Gasteiger partial charge on any atom is 0.255 e. The molecule has 0 aliphatic carbocycles. The maximum absolute atomic E-state index is 13.1. The number of carbonyl (C=O) groups is 1. The van der Waals surface area contributed by atoms with Gasteiger partial charge >= 0.3 is 0 Å². The van der Waals surface area contributed by atoms with E-state index in [-0.39, 0.29) is 11.5 Å². The van der Waals surface area contributed by atoms with Gasteiger partial charge in [-0.3, -0.25) is 24.1 Å². The Morgan fingerprint density at radius 2 is 2.03 bits per heavy atom. The Morgan fingerprint density at radius 3 is 2.79 bits per heavy atom. The van der Waals surface area contributed by atoms with Gasteiger partial charge in [0.2, 0.25) is 5.91 Å². The van der Waals surface area contributed by atoms with Crippen LogP contribution in [0.3, 0.4) is 0 Å². The van der Waals surface area contributed by atoms with E-state index in [1.807, 2.05) is 35.5 Å². The van der Waals surface area contributed by atoms with Gasteiger partial charge in [-0.2, -0.15) is 0 Å². The molecule has 1 aliphatic rings. The van der Waals surface area contributed by atoms with Crippen LogP contribution in [0.5, 0.6) is 5.75 Å². The van der Waals surface area contributed by atoms with Crippen LogP contribution >= 0.6 is 0 Å². The number of nitrogens with one attached hydrogen (secondary N) is 2. The van der Waals surface area contributed by atoms with Gasteiger partial charge in [0.05, 0.1) is 35.2 Å². The van der Waals surface area contributed by atoms with Crippen LogP contribution in [0, 0.1) is 0 Å². The van der Waals surface area contributed by atoms with Crippen LogP contribution in [-0.2, 0) is 4.79 Å². The summed E-state index contributed by atoms with van der Waals surface area (Å²) in [4.78, 5) is 29.7. The molecule has 2 aromatic heterocycles. The highest BCUT2D eigenvalue weighted by Gasteiger charge is 2.15. The van der Waals surface area contributed by atoms with Crippen molar-refractivity contribution in [3.8, 4) is 11.4 Å². The minimum atomic E-state index is -0.374. The van der Waals surface area contributed by atoms with Crippen molar-refractivity contribution in [1.29, 1.82) is 0 Å². The van der Waals surface area contributed by atoms with Crippen LogP contribution < -0.4 is 26.0 Å². The number of hydrazine groups is 1. The number of fused-ring (bicyclic) bond motifs is 3. The Hall–Kier alpha value is -4.43. The maximum atomic E-state index is 13.1. The molecule has 5 rings (SSSR count). The summed E-state index contributed by atoms with van der Waals surface area (Å²) in [7, 11) is 1.52. The van der Waals surface area contributed by atoms with Crippen LogP contribution in [-0.4, -0.2) is 29.1 Å². The van der Waals surface area contributed by atoms with E-state index in [1.165, 1.54) is 19.3 Å². The average Bonchev–Trinajstić information content (AvgIpc) is 3.38. The first-order chi connectivity index (χ1) is 16.1. The Labute approximate surface area is 189 Å². The Kier molecular flexibility index (Phi) is 5.12. The third kappa shape index (κ3) is 3.62. The predicted molar refractivity (Wildman–Crippen MR) is 130 cm³/mol. The molecule has 0 atom stereocenters. The number of amides is 1. The molecule has 0 bridgehead atoms. The van der Waals surface area contributed by atoms with Crippen molar-refractivity contribution in [2.24, 2.45) is 0 Å². The first-order valence-electron chi connectivity index (χ1n) is 10.3. The van der Waals surface area contributed by atoms with E-state index in [9.17, 15) is 9.59 Å². The smallest absolute Gasteiger partial charge is 0.255 e. The van der Waals surface area contributed by atoms with Crippen LogP contribution in [0.1, 0.15) is 0 Å². The molecule has 2 aromatic carbocycles. The summed E-state index contributed by atoms with van der Waals surface area (Å²) in [5.74, 6) is 0.101. The number of methoxy groups -OCH3 is 1. The molecule has 4 aromatic rings. The van der Waals surface area contributed by atoms with Crippen molar-refractivity contribution < 1.29 is 9.53 Å². The second-order valence-electron chi connectivity index (χ2n) is 7.47. The van der Waals surface area contributed by atoms with Crippen molar-refractivity contribution in [2.75, 3.05) is 24.0 Å². The molecule has 0 saturated heterocycles. The topological polar surface area (TPSA) is 88.5 Å². The van der Waals surface area contributed by atoms with Gasteiger partial charge < -0.3 is 10.1 Å². The SMILES string of the molecule is C=CC(=O)Nc1cc(-n2c(=O)ccc3cnc4ccc(N5C=CCN5)cc4c32)ccc1OC. The molecule has 1 aliphatic heterocycles. The summed E-state index contributed by atoms with van der Waals surface area (Å²) >= 11 is 0. The van der Waals surface area contributed by atoms with E-state index in [1.54, 1.807) is 35.0 Å². The lowest BCUT2D eigenvalue weighted by Gasteiger charge is -2.18. The van der Waals surface area contributed by atoms with Crippen LogP contribution in [0.2, 0.25) is 0 Å². The van der Waals surface area contributed by atoms with Gasteiger partial charge in [-0.15, -0.1) is 0 Å². The van der Waals surface area contributed by atoms with Gasteiger partial charge in [0.15, 0.2) is 0 Å². The predicted octanol–water partition coefficient (Wildman–Crippen LogP) is 3.51. The Balaban J connectivity index is 1.78. The fourth-order valence-corrected chi connectivity index (χ4v) is 3.96. The summed E-state index contributed by atoms with van der Waals surface area (Å²) in [6.07, 6.45) is 6.92. The number of aromatic nitrogens is 2. The molecule has 0 unspecified atom stereocenters. The second kappa shape index (κ2) is 8.25. The summed E-state index contributed by atoms with van der Waals surface area (Å²) in [5.41, 5.74) is 6.50. The highest BCUT2D eigenvalue weighted by atomic mass is 16.5. The van der Waals surface area contributed by atoms with E-state index in [0.29, 0.717) is 17.1 Å². The molecule has 33 heavy (non-hydrogen) atoms. The summed E-state index contributed by atoms with van der Waals surface area (Å²) in [6.45, 7) is 4.25. The third-order valence-corrected chi connectivity index (χ3v) is 5.50. The van der Waals surface area contributed by atoms with Crippen molar-refractivity contribution in [3.05, 3.63) is 90.0 Å². The first-order valence-corrected chi connectivity index (χ1v) is 10.3. The van der Waals surface area contributed by atoms with Crippen molar-refractivity contribution in [2.45, 2.75) is 0 Å². The first kappa shape index (κ1) is 20.5. The highest BCUT2D eigenvalue weighted by molar-refractivity contribution is 6.05. The zero-order valence-corrected chi connectivity index (χ0v) is 17.9. The van der Waals surface area contributed by atoms with E-state index in [4.69, 9.17) is 4.74 Å². The number of hydrogen-bond donors (Lipinski definition) is 2. The molecule has 3 heterocycles. The average molecular weight is 439 g/mol. The summed E-state index contributed by atoms with van der Waals surface area (Å²) in [6, 6.07) is 14.4. The molecular weight excluding hydrogens is 418 g/mol. The zero-order valence-electron chi connectivity index (χ0n) is 17.9. The fourth-order valence-electron chi connectivity index (χ4n) is 3.96. The van der Waals surface area contributed by atoms with Gasteiger partial charge in [0.25, 0.3) is 5.56 Å². The largest absolute Gasteiger partial charge is 0.495 e. The molecule has 0 saturated carbocycles. The van der Waals surface area contributed by atoms with E-state index in [2.05, 4.69) is 22.3 Å². The third-order valence-electron chi connectivity index (χ3n) is 5.50. The summed E-state index contributed by atoms with van der Waals surface area (Å²) < 4.78 is 7.00. The van der Waals surface area contributed by atoms with Gasteiger partial charge in [-0.1, -0.05) is 12.7 Å². The molecular formula is C25H21N5O3. The molecule has 0 spiro atoms. The quantitative estimate of drug-likeness (QED) is 0.366. The lowest BCUT2D eigenvalue weighted by Crippen LogP contribution is -2.28. The van der Waals surface area contributed by atoms with E-state index in [0.717, 1.165) is 34.0 Å². The lowest BCUT2D eigenvalue weighted by atomic mass is 10.1. The minimum absolute atomic E-state index is 0.203. The van der Waals surface area contributed by atoms with Gasteiger partial charge in [-0.25, -0.2) is 5.43 Å². The van der Waals surface area contributed by atoms with Crippen molar-refractivity contribution in [1.82, 2.24) is 15.0 Å². The Bertz CT molecular complexity index is 1510. The number of rotatable bonds is 5. The normalized spacial score (nSPS) is 12.9. The standard InChI is InChI=1S/C25H21N5O3/c1-3-23(31)28-21-14-18(7-9-22(21)33-2)30-24(32)10-5-16-15-26-20-8-6-17(13-19(20)25(16)30)29-12-4-11-27-29/h3-10,12-15,27H,1,11H2,2H3,(H,28,31). The number of nitrogens with zero attached hydrogens (tertiary/aromatic N) is 3. The van der Waals surface area contributed by atoms with Crippen molar-refractivity contribution in [3.63, 3.8) is 0 Å². The zero-order chi connectivity index (χ0) is 22.9. The number of ether oxygens (including phenoxy) is 1. The number of hydrogen-bond acceptors (Lipinski definition) is 6. The Morgan fingerprint density at radius 1 is 1.18 bits per heavy atom. The molecule has 8 heteroatoms. The van der Waals surface area contributed by atoms with E-state index >= 15 is 0 Å². The molecule has 1 amide bonds. The highest BCUT2D eigenvalue weighted by Crippen LogP contribution is 2.31. The minimum Gasteiger partial charge on any atom is -0.495 e. The molecule has 8 nitrogen and oxygen atoms in total. The number of carbonyl (C=O) groups excluding carboxylic acids is 1. The van der Waals surface area contributed by atoms with Gasteiger partial charge in [0, 0.05) is 35.8 Å². The molecule has 164 valence electrons. The van der Waals surface area contributed by atoms with Crippen LogP contribution in [0.4, 0.5) is 11.4 Å². The fraction of sp³-hybridized carbons (Fsp3) is 0.0800.